The monoisotopic (exact) mass is 358 g/mol. The zero-order valence-electron chi connectivity index (χ0n) is 10.8. The molecule has 2 aliphatic rings. The first kappa shape index (κ1) is 14.3. The quantitative estimate of drug-likeness (QED) is 0.852. The zero-order chi connectivity index (χ0) is 14.3. The smallest absolute Gasteiger partial charge is 0.253 e. The summed E-state index contributed by atoms with van der Waals surface area (Å²) in [6, 6.07) is 5.05. The van der Waals surface area contributed by atoms with E-state index in [0.717, 1.165) is 23.9 Å². The summed E-state index contributed by atoms with van der Waals surface area (Å²) in [4.78, 5) is 12.3. The average Bonchev–Trinajstić information content (AvgIpc) is 2.44. The maximum atomic E-state index is 12.3. The molecular weight excluding hydrogens is 344 g/mol. The maximum absolute atomic E-state index is 12.3. The van der Waals surface area contributed by atoms with Crippen molar-refractivity contribution in [1.82, 2.24) is 5.32 Å². The number of halogens is 2. The van der Waals surface area contributed by atoms with Crippen LogP contribution < -0.4 is 11.1 Å². The van der Waals surface area contributed by atoms with Crippen LogP contribution in [0.3, 0.4) is 0 Å². The van der Waals surface area contributed by atoms with E-state index in [1.54, 1.807) is 18.2 Å². The van der Waals surface area contributed by atoms with E-state index in [0.29, 0.717) is 16.5 Å². The van der Waals surface area contributed by atoms with Gasteiger partial charge in [0.05, 0.1) is 22.7 Å². The van der Waals surface area contributed by atoms with Crippen molar-refractivity contribution >= 4 is 33.4 Å². The molecule has 1 aliphatic carbocycles. The van der Waals surface area contributed by atoms with Crippen LogP contribution in [-0.2, 0) is 4.74 Å². The molecule has 3 N–H and O–H groups in total. The lowest BCUT2D eigenvalue weighted by molar-refractivity contribution is -0.117. The second-order valence-corrected chi connectivity index (χ2v) is 6.67. The summed E-state index contributed by atoms with van der Waals surface area (Å²) in [5, 5.41) is 3.38. The first-order valence-electron chi connectivity index (χ1n) is 6.71. The molecule has 1 aromatic rings. The van der Waals surface area contributed by atoms with Crippen molar-refractivity contribution in [2.75, 3.05) is 6.61 Å². The van der Waals surface area contributed by atoms with Crippen LogP contribution >= 0.6 is 27.5 Å². The van der Waals surface area contributed by atoms with Gasteiger partial charge in [0.1, 0.15) is 0 Å². The lowest BCUT2D eigenvalue weighted by Gasteiger charge is -2.52. The Kier molecular flexibility index (Phi) is 4.04. The number of benzene rings is 1. The Labute approximate surface area is 131 Å². The lowest BCUT2D eigenvalue weighted by atomic mass is 9.68. The fraction of sp³-hybridized carbons (Fsp3) is 0.500. The third kappa shape index (κ3) is 2.48. The van der Waals surface area contributed by atoms with Crippen LogP contribution in [0.1, 0.15) is 23.2 Å². The van der Waals surface area contributed by atoms with Crippen molar-refractivity contribution in [3.8, 4) is 0 Å². The molecule has 1 aromatic carbocycles. The first-order chi connectivity index (χ1) is 9.58. The molecule has 1 heterocycles. The largest absolute Gasteiger partial charge is 0.376 e. The number of fused-ring (bicyclic) bond motifs is 1. The number of carbonyl (C=O) groups excluding carboxylic acids is 1. The number of carbonyl (C=O) groups is 1. The molecule has 0 radical (unpaired) electrons. The Hall–Kier alpha value is -0.620. The number of ether oxygens (including phenoxy) is 1. The third-order valence-corrected chi connectivity index (χ3v) is 4.96. The van der Waals surface area contributed by atoms with Gasteiger partial charge in [-0.15, -0.1) is 0 Å². The summed E-state index contributed by atoms with van der Waals surface area (Å²) in [5.74, 6) is 0.171. The van der Waals surface area contributed by atoms with E-state index >= 15 is 0 Å². The number of hydrogen-bond donors (Lipinski definition) is 2. The van der Waals surface area contributed by atoms with Gasteiger partial charge in [-0.3, -0.25) is 4.79 Å². The number of rotatable bonds is 2. The molecule has 0 bridgehead atoms. The molecule has 0 aromatic heterocycles. The summed E-state index contributed by atoms with van der Waals surface area (Å²) in [6.45, 7) is 0.749. The van der Waals surface area contributed by atoms with Gasteiger partial charge in [-0.1, -0.05) is 27.5 Å². The Morgan fingerprint density at radius 3 is 3.05 bits per heavy atom. The zero-order valence-corrected chi connectivity index (χ0v) is 13.2. The molecule has 1 aliphatic heterocycles. The molecule has 2 fully saturated rings. The maximum Gasteiger partial charge on any atom is 0.253 e. The van der Waals surface area contributed by atoms with Crippen LogP contribution in [0.15, 0.2) is 22.7 Å². The SMILES string of the molecule is NC1C2CCCOC2C1NC(=O)c1ccc(Br)cc1Cl. The van der Waals surface area contributed by atoms with Crippen molar-refractivity contribution in [1.29, 1.82) is 0 Å². The van der Waals surface area contributed by atoms with Gasteiger partial charge in [0.15, 0.2) is 0 Å². The van der Waals surface area contributed by atoms with E-state index < -0.39 is 0 Å². The molecule has 4 atom stereocenters. The molecule has 1 saturated heterocycles. The Balaban J connectivity index is 1.70. The minimum absolute atomic E-state index is 0.0292. The molecule has 6 heteroatoms. The van der Waals surface area contributed by atoms with Gasteiger partial charge in [-0.05, 0) is 31.0 Å². The Morgan fingerprint density at radius 2 is 2.30 bits per heavy atom. The summed E-state index contributed by atoms with van der Waals surface area (Å²) < 4.78 is 6.55. The topological polar surface area (TPSA) is 64.3 Å². The van der Waals surface area contributed by atoms with E-state index in [1.165, 1.54) is 0 Å². The van der Waals surface area contributed by atoms with Gasteiger partial charge in [0.2, 0.25) is 0 Å². The highest BCUT2D eigenvalue weighted by Crippen LogP contribution is 2.37. The van der Waals surface area contributed by atoms with Gasteiger partial charge in [0.25, 0.3) is 5.91 Å². The van der Waals surface area contributed by atoms with Crippen molar-refractivity contribution in [3.05, 3.63) is 33.3 Å². The van der Waals surface area contributed by atoms with Crippen LogP contribution in [0.4, 0.5) is 0 Å². The van der Waals surface area contributed by atoms with Crippen molar-refractivity contribution in [2.45, 2.75) is 31.0 Å². The summed E-state index contributed by atoms with van der Waals surface area (Å²) >= 11 is 9.41. The van der Waals surface area contributed by atoms with Crippen LogP contribution in [0, 0.1) is 5.92 Å². The van der Waals surface area contributed by atoms with Gasteiger partial charge in [-0.25, -0.2) is 0 Å². The predicted molar refractivity (Wildman–Crippen MR) is 80.8 cm³/mol. The molecule has 108 valence electrons. The number of nitrogens with one attached hydrogen (secondary N) is 1. The van der Waals surface area contributed by atoms with Crippen molar-refractivity contribution < 1.29 is 9.53 Å². The Bertz CT molecular complexity index is 540. The summed E-state index contributed by atoms with van der Waals surface area (Å²) in [7, 11) is 0. The molecule has 4 unspecified atom stereocenters. The van der Waals surface area contributed by atoms with Gasteiger partial charge in [-0.2, -0.15) is 0 Å². The lowest BCUT2D eigenvalue weighted by Crippen LogP contribution is -2.72. The molecule has 0 spiro atoms. The van der Waals surface area contributed by atoms with E-state index in [-0.39, 0.29) is 24.1 Å². The second-order valence-electron chi connectivity index (χ2n) is 5.34. The van der Waals surface area contributed by atoms with E-state index in [4.69, 9.17) is 22.1 Å². The molecule has 1 amide bonds. The average molecular weight is 360 g/mol. The van der Waals surface area contributed by atoms with Crippen molar-refractivity contribution in [2.24, 2.45) is 11.7 Å². The highest BCUT2D eigenvalue weighted by atomic mass is 79.9. The fourth-order valence-electron chi connectivity index (χ4n) is 3.03. The first-order valence-corrected chi connectivity index (χ1v) is 7.88. The number of amides is 1. The van der Waals surface area contributed by atoms with Gasteiger partial charge in [0, 0.05) is 23.0 Å². The van der Waals surface area contributed by atoms with E-state index in [9.17, 15) is 4.79 Å². The van der Waals surface area contributed by atoms with E-state index in [2.05, 4.69) is 21.2 Å². The van der Waals surface area contributed by atoms with Crippen LogP contribution in [-0.4, -0.2) is 30.7 Å². The minimum atomic E-state index is -0.199. The second kappa shape index (κ2) is 5.64. The molecule has 20 heavy (non-hydrogen) atoms. The van der Waals surface area contributed by atoms with Gasteiger partial charge >= 0.3 is 0 Å². The van der Waals surface area contributed by atoms with Crippen molar-refractivity contribution in [3.63, 3.8) is 0 Å². The predicted octanol–water partition coefficient (Wildman–Crippen LogP) is 2.34. The van der Waals surface area contributed by atoms with Crippen LogP contribution in [0.2, 0.25) is 5.02 Å². The summed E-state index contributed by atoms with van der Waals surface area (Å²) in [6.07, 6.45) is 2.18. The Morgan fingerprint density at radius 1 is 1.50 bits per heavy atom. The standard InChI is InChI=1S/C14H16BrClN2O2/c15-7-3-4-8(10(16)6-7)14(19)18-12-11(17)9-2-1-5-20-13(9)12/h3-4,6,9,11-13H,1-2,5,17H2,(H,18,19). The van der Waals surface area contributed by atoms with Crippen LogP contribution in [0.25, 0.3) is 0 Å². The van der Waals surface area contributed by atoms with Gasteiger partial charge < -0.3 is 15.8 Å². The highest BCUT2D eigenvalue weighted by Gasteiger charge is 2.51. The fourth-order valence-corrected chi connectivity index (χ4v) is 3.79. The molecular formula is C14H16BrClN2O2. The van der Waals surface area contributed by atoms with Crippen LogP contribution in [0.5, 0.6) is 0 Å². The van der Waals surface area contributed by atoms with E-state index in [1.807, 2.05) is 0 Å². The highest BCUT2D eigenvalue weighted by molar-refractivity contribution is 9.10. The molecule has 3 rings (SSSR count). The number of nitrogens with two attached hydrogens (primary N) is 1. The normalized spacial score (nSPS) is 32.1. The number of hydrogen-bond acceptors (Lipinski definition) is 3. The molecule has 4 nitrogen and oxygen atoms in total. The molecule has 1 saturated carbocycles. The third-order valence-electron chi connectivity index (χ3n) is 4.15. The minimum Gasteiger partial charge on any atom is -0.376 e. The summed E-state index contributed by atoms with van der Waals surface area (Å²) in [5.41, 5.74) is 6.59.